The zero-order chi connectivity index (χ0) is 24.9. The molecule has 0 radical (unpaired) electrons. The predicted molar refractivity (Wildman–Crippen MR) is 149 cm³/mol. The quantitative estimate of drug-likeness (QED) is 0.455. The molecule has 2 heterocycles. The molecule has 7 heteroatoms. The molecule has 5 rings (SSSR count). The molecule has 2 aromatic carbocycles. The van der Waals surface area contributed by atoms with E-state index in [0.29, 0.717) is 5.56 Å². The SMILES string of the molecule is Cc1cnc(-c2cccc(C(=O)NC3CCC(CCN4CCc5ccc(C#N)cc5CC4)CC3)c2)[nH]1.Cl. The van der Waals surface area contributed by atoms with Crippen molar-refractivity contribution in [2.24, 2.45) is 5.92 Å². The molecule has 1 fully saturated rings. The monoisotopic (exact) mass is 517 g/mol. The number of carbonyl (C=O) groups is 1. The van der Waals surface area contributed by atoms with E-state index < -0.39 is 0 Å². The van der Waals surface area contributed by atoms with Crippen LogP contribution in [0.2, 0.25) is 0 Å². The number of nitrogens with one attached hydrogen (secondary N) is 2. The number of imidazole rings is 1. The number of carbonyl (C=O) groups excluding carboxylic acids is 1. The van der Waals surface area contributed by atoms with Crippen molar-refractivity contribution in [1.29, 1.82) is 5.26 Å². The number of H-pyrrole nitrogens is 1. The molecule has 0 spiro atoms. The van der Waals surface area contributed by atoms with Gasteiger partial charge in [0, 0.05) is 42.1 Å². The Bertz CT molecular complexity index is 1250. The number of nitriles is 1. The van der Waals surface area contributed by atoms with Crippen LogP contribution < -0.4 is 5.32 Å². The smallest absolute Gasteiger partial charge is 0.251 e. The fraction of sp³-hybridized carbons (Fsp3) is 0.433. The number of hydrogen-bond acceptors (Lipinski definition) is 4. The van der Waals surface area contributed by atoms with Crippen molar-refractivity contribution < 1.29 is 4.79 Å². The maximum Gasteiger partial charge on any atom is 0.251 e. The molecule has 0 bridgehead atoms. The molecule has 6 nitrogen and oxygen atoms in total. The van der Waals surface area contributed by atoms with E-state index in [1.807, 2.05) is 37.3 Å². The van der Waals surface area contributed by atoms with Gasteiger partial charge in [-0.2, -0.15) is 5.26 Å². The first kappa shape index (κ1) is 26.9. The zero-order valence-electron chi connectivity index (χ0n) is 21.5. The second-order valence-corrected chi connectivity index (χ2v) is 10.4. The second-order valence-electron chi connectivity index (χ2n) is 10.4. The Balaban J connectivity index is 0.00000320. The summed E-state index contributed by atoms with van der Waals surface area (Å²) in [6.45, 7) is 5.28. The van der Waals surface area contributed by atoms with Crippen molar-refractivity contribution >= 4 is 18.3 Å². The number of benzene rings is 2. The summed E-state index contributed by atoms with van der Waals surface area (Å²) in [6, 6.07) is 16.4. The molecule has 2 N–H and O–H groups in total. The summed E-state index contributed by atoms with van der Waals surface area (Å²) in [5.74, 6) is 1.54. The topological polar surface area (TPSA) is 84.8 Å². The van der Waals surface area contributed by atoms with Crippen LogP contribution in [0.4, 0.5) is 0 Å². The number of amides is 1. The number of hydrogen-bond donors (Lipinski definition) is 2. The lowest BCUT2D eigenvalue weighted by molar-refractivity contribution is 0.0920. The fourth-order valence-electron chi connectivity index (χ4n) is 5.66. The Morgan fingerprint density at radius 2 is 1.89 bits per heavy atom. The van der Waals surface area contributed by atoms with Crippen LogP contribution in [0.1, 0.15) is 64.8 Å². The summed E-state index contributed by atoms with van der Waals surface area (Å²) in [6.07, 6.45) is 9.59. The molecule has 194 valence electrons. The first-order valence-electron chi connectivity index (χ1n) is 13.2. The molecule has 1 aliphatic heterocycles. The highest BCUT2D eigenvalue weighted by atomic mass is 35.5. The Morgan fingerprint density at radius 3 is 2.62 bits per heavy atom. The van der Waals surface area contributed by atoms with Gasteiger partial charge < -0.3 is 15.2 Å². The van der Waals surface area contributed by atoms with Crippen molar-refractivity contribution in [2.75, 3.05) is 19.6 Å². The Hall–Kier alpha value is -3.14. The zero-order valence-corrected chi connectivity index (χ0v) is 22.3. The van der Waals surface area contributed by atoms with Gasteiger partial charge in [-0.05, 0) is 99.7 Å². The number of rotatable bonds is 6. The summed E-state index contributed by atoms with van der Waals surface area (Å²) in [7, 11) is 0. The molecule has 1 aromatic heterocycles. The molecule has 0 saturated heterocycles. The van der Waals surface area contributed by atoms with Crippen LogP contribution in [0.25, 0.3) is 11.4 Å². The maximum absolute atomic E-state index is 12.9. The molecule has 3 aromatic rings. The van der Waals surface area contributed by atoms with Crippen LogP contribution in [-0.4, -0.2) is 46.5 Å². The van der Waals surface area contributed by atoms with E-state index in [-0.39, 0.29) is 24.4 Å². The first-order chi connectivity index (χ1) is 17.6. The van der Waals surface area contributed by atoms with Crippen molar-refractivity contribution in [1.82, 2.24) is 20.2 Å². The molecule has 37 heavy (non-hydrogen) atoms. The van der Waals surface area contributed by atoms with Gasteiger partial charge in [0.05, 0.1) is 11.6 Å². The van der Waals surface area contributed by atoms with Crippen molar-refractivity contribution in [2.45, 2.75) is 57.9 Å². The summed E-state index contributed by atoms with van der Waals surface area (Å²) in [5.41, 5.74) is 6.14. The summed E-state index contributed by atoms with van der Waals surface area (Å²) >= 11 is 0. The molecule has 0 atom stereocenters. The van der Waals surface area contributed by atoms with Crippen LogP contribution in [-0.2, 0) is 12.8 Å². The Kier molecular flexibility index (Phi) is 9.02. The normalized spacial score (nSPS) is 19.7. The third-order valence-electron chi connectivity index (χ3n) is 7.87. The van der Waals surface area contributed by atoms with Crippen LogP contribution in [0.3, 0.4) is 0 Å². The van der Waals surface area contributed by atoms with Crippen LogP contribution in [0.15, 0.2) is 48.7 Å². The molecule has 1 amide bonds. The van der Waals surface area contributed by atoms with E-state index in [1.165, 1.54) is 30.4 Å². The number of aromatic nitrogens is 2. The Morgan fingerprint density at radius 1 is 1.11 bits per heavy atom. The van der Waals surface area contributed by atoms with Crippen molar-refractivity contribution in [3.8, 4) is 17.5 Å². The van der Waals surface area contributed by atoms with Crippen LogP contribution in [0.5, 0.6) is 0 Å². The van der Waals surface area contributed by atoms with Crippen LogP contribution in [0, 0.1) is 24.2 Å². The Labute approximate surface area is 225 Å². The minimum absolute atomic E-state index is 0. The molecular weight excluding hydrogens is 482 g/mol. The fourth-order valence-corrected chi connectivity index (χ4v) is 5.66. The standard InChI is InChI=1S/C30H35N5O.ClH/c1-21-20-32-29(33-21)26-3-2-4-27(18-26)30(36)34-28-9-6-22(7-10-28)11-14-35-15-12-24-8-5-23(19-31)17-25(24)13-16-35;/h2-5,8,17-18,20,22,28H,6-7,9-16H2,1H3,(H,32,33)(H,34,36);1H. The lowest BCUT2D eigenvalue weighted by Gasteiger charge is -2.30. The molecule has 0 unspecified atom stereocenters. The highest BCUT2D eigenvalue weighted by molar-refractivity contribution is 5.95. The third-order valence-corrected chi connectivity index (χ3v) is 7.87. The van der Waals surface area contributed by atoms with Gasteiger partial charge in [-0.1, -0.05) is 18.2 Å². The average Bonchev–Trinajstić information content (AvgIpc) is 3.25. The number of fused-ring (bicyclic) bond motifs is 1. The largest absolute Gasteiger partial charge is 0.349 e. The minimum atomic E-state index is 0. The summed E-state index contributed by atoms with van der Waals surface area (Å²) in [4.78, 5) is 23.1. The second kappa shape index (κ2) is 12.4. The van der Waals surface area contributed by atoms with E-state index in [4.69, 9.17) is 0 Å². The van der Waals surface area contributed by atoms with Gasteiger partial charge in [-0.25, -0.2) is 4.98 Å². The lowest BCUT2D eigenvalue weighted by atomic mass is 9.84. The van der Waals surface area contributed by atoms with Gasteiger partial charge >= 0.3 is 0 Å². The number of nitrogens with zero attached hydrogens (tertiary/aromatic N) is 3. The van der Waals surface area contributed by atoms with Gasteiger partial charge in [-0.15, -0.1) is 12.4 Å². The highest BCUT2D eigenvalue weighted by Crippen LogP contribution is 2.28. The van der Waals surface area contributed by atoms with E-state index in [1.54, 1.807) is 6.20 Å². The van der Waals surface area contributed by atoms with Gasteiger partial charge in [0.15, 0.2) is 0 Å². The summed E-state index contributed by atoms with van der Waals surface area (Å²) in [5, 5.41) is 12.5. The van der Waals surface area contributed by atoms with Crippen molar-refractivity contribution in [3.63, 3.8) is 0 Å². The number of aryl methyl sites for hydroxylation is 1. The maximum atomic E-state index is 12.9. The van der Waals surface area contributed by atoms with E-state index in [0.717, 1.165) is 73.9 Å². The van der Waals surface area contributed by atoms with Gasteiger partial charge in [-0.3, -0.25) is 4.79 Å². The highest BCUT2D eigenvalue weighted by Gasteiger charge is 2.24. The average molecular weight is 518 g/mol. The molecule has 1 saturated carbocycles. The van der Waals surface area contributed by atoms with E-state index in [9.17, 15) is 10.1 Å². The number of halogens is 1. The lowest BCUT2D eigenvalue weighted by Crippen LogP contribution is -2.38. The first-order valence-corrected chi connectivity index (χ1v) is 13.2. The minimum Gasteiger partial charge on any atom is -0.349 e. The van der Waals surface area contributed by atoms with Gasteiger partial charge in [0.1, 0.15) is 5.82 Å². The van der Waals surface area contributed by atoms with E-state index >= 15 is 0 Å². The summed E-state index contributed by atoms with van der Waals surface area (Å²) < 4.78 is 0. The van der Waals surface area contributed by atoms with Gasteiger partial charge in [0.2, 0.25) is 0 Å². The third kappa shape index (κ3) is 6.80. The predicted octanol–water partition coefficient (Wildman–Crippen LogP) is 5.46. The molecule has 1 aliphatic carbocycles. The van der Waals surface area contributed by atoms with Gasteiger partial charge in [0.25, 0.3) is 5.91 Å². The van der Waals surface area contributed by atoms with E-state index in [2.05, 4.69) is 38.4 Å². The molecule has 2 aliphatic rings. The molecular formula is C30H36ClN5O. The van der Waals surface area contributed by atoms with Crippen molar-refractivity contribution in [3.05, 3.63) is 76.6 Å². The number of aromatic amines is 1. The van der Waals surface area contributed by atoms with Crippen LogP contribution >= 0.6 is 12.4 Å².